The molecule has 1 aliphatic carbocycles. The molecule has 0 aromatic rings. The van der Waals surface area contributed by atoms with Gasteiger partial charge in [-0.3, -0.25) is 0 Å². The first-order valence-corrected chi connectivity index (χ1v) is 8.25. The van der Waals surface area contributed by atoms with Crippen LogP contribution in [0.15, 0.2) is 0 Å². The standard InChI is InChI=1S/C16H33NO2/c1-3-4-6-9-14(2)17-12-15(18)13-19-16-10-7-5-8-11-16/h14-18H,3-13H2,1-2H3. The molecule has 1 saturated carbocycles. The number of hydrogen-bond acceptors (Lipinski definition) is 3. The van der Waals surface area contributed by atoms with E-state index in [1.54, 1.807) is 0 Å². The van der Waals surface area contributed by atoms with Gasteiger partial charge >= 0.3 is 0 Å². The van der Waals surface area contributed by atoms with Crippen molar-refractivity contribution in [1.82, 2.24) is 5.32 Å². The first-order chi connectivity index (χ1) is 9.22. The Morgan fingerprint density at radius 3 is 2.63 bits per heavy atom. The number of nitrogens with one attached hydrogen (secondary N) is 1. The monoisotopic (exact) mass is 271 g/mol. The van der Waals surface area contributed by atoms with E-state index in [2.05, 4.69) is 19.2 Å². The second-order valence-electron chi connectivity index (χ2n) is 6.05. The Morgan fingerprint density at radius 1 is 1.21 bits per heavy atom. The fraction of sp³-hybridized carbons (Fsp3) is 1.00. The summed E-state index contributed by atoms with van der Waals surface area (Å²) in [5.74, 6) is 0. The number of ether oxygens (including phenoxy) is 1. The van der Waals surface area contributed by atoms with Crippen molar-refractivity contribution < 1.29 is 9.84 Å². The lowest BCUT2D eigenvalue weighted by Crippen LogP contribution is -2.37. The maximum Gasteiger partial charge on any atom is 0.0897 e. The first kappa shape index (κ1) is 16.9. The SMILES string of the molecule is CCCCCC(C)NCC(O)COC1CCCCC1. The molecule has 0 radical (unpaired) electrons. The van der Waals surface area contributed by atoms with E-state index in [0.29, 0.717) is 25.3 Å². The molecule has 0 bridgehead atoms. The Labute approximate surface area is 119 Å². The summed E-state index contributed by atoms with van der Waals surface area (Å²) in [6.07, 6.45) is 11.3. The van der Waals surface area contributed by atoms with Gasteiger partial charge in [0.1, 0.15) is 0 Å². The van der Waals surface area contributed by atoms with Gasteiger partial charge in [-0.2, -0.15) is 0 Å². The van der Waals surface area contributed by atoms with Crippen LogP contribution in [-0.4, -0.2) is 36.5 Å². The fourth-order valence-electron chi connectivity index (χ4n) is 2.68. The lowest BCUT2D eigenvalue weighted by atomic mass is 9.98. The number of hydrogen-bond donors (Lipinski definition) is 2. The number of unbranched alkanes of at least 4 members (excludes halogenated alkanes) is 2. The lowest BCUT2D eigenvalue weighted by molar-refractivity contribution is -0.0235. The zero-order valence-electron chi connectivity index (χ0n) is 12.9. The molecule has 3 heteroatoms. The molecule has 0 heterocycles. The maximum atomic E-state index is 9.91. The van der Waals surface area contributed by atoms with Gasteiger partial charge in [0.05, 0.1) is 18.8 Å². The smallest absolute Gasteiger partial charge is 0.0897 e. The van der Waals surface area contributed by atoms with Crippen molar-refractivity contribution in [2.24, 2.45) is 0 Å². The minimum absolute atomic E-state index is 0.365. The van der Waals surface area contributed by atoms with E-state index in [9.17, 15) is 5.11 Å². The normalized spacial score (nSPS) is 20.4. The molecule has 1 rings (SSSR count). The van der Waals surface area contributed by atoms with Gasteiger partial charge in [-0.1, -0.05) is 45.4 Å². The molecule has 19 heavy (non-hydrogen) atoms. The summed E-state index contributed by atoms with van der Waals surface area (Å²) < 4.78 is 5.79. The van der Waals surface area contributed by atoms with E-state index >= 15 is 0 Å². The van der Waals surface area contributed by atoms with Gasteiger partial charge in [0.25, 0.3) is 0 Å². The summed E-state index contributed by atoms with van der Waals surface area (Å²) in [4.78, 5) is 0. The molecule has 0 saturated heterocycles. The molecular weight excluding hydrogens is 238 g/mol. The van der Waals surface area contributed by atoms with Gasteiger partial charge in [-0.25, -0.2) is 0 Å². The second-order valence-corrected chi connectivity index (χ2v) is 6.05. The summed E-state index contributed by atoms with van der Waals surface area (Å²) in [5, 5.41) is 13.3. The molecule has 1 aliphatic rings. The van der Waals surface area contributed by atoms with Crippen LogP contribution >= 0.6 is 0 Å². The third-order valence-corrected chi connectivity index (χ3v) is 4.02. The van der Waals surface area contributed by atoms with Crippen LogP contribution < -0.4 is 5.32 Å². The van der Waals surface area contributed by atoms with Crippen LogP contribution in [-0.2, 0) is 4.74 Å². The third kappa shape index (κ3) is 8.61. The topological polar surface area (TPSA) is 41.5 Å². The van der Waals surface area contributed by atoms with Crippen molar-refractivity contribution in [1.29, 1.82) is 0 Å². The predicted octanol–water partition coefficient (Wildman–Crippen LogP) is 3.26. The zero-order chi connectivity index (χ0) is 13.9. The van der Waals surface area contributed by atoms with Crippen LogP contribution in [0.5, 0.6) is 0 Å². The van der Waals surface area contributed by atoms with Crippen molar-refractivity contribution in [3.05, 3.63) is 0 Å². The molecule has 0 aromatic heterocycles. The zero-order valence-corrected chi connectivity index (χ0v) is 12.9. The van der Waals surface area contributed by atoms with Gasteiger partial charge in [0.2, 0.25) is 0 Å². The van der Waals surface area contributed by atoms with E-state index < -0.39 is 0 Å². The Balaban J connectivity index is 1.98. The highest BCUT2D eigenvalue weighted by Gasteiger charge is 2.15. The highest BCUT2D eigenvalue weighted by molar-refractivity contribution is 4.68. The molecule has 3 nitrogen and oxygen atoms in total. The van der Waals surface area contributed by atoms with E-state index in [4.69, 9.17) is 4.74 Å². The van der Waals surface area contributed by atoms with Gasteiger partial charge in [-0.15, -0.1) is 0 Å². The van der Waals surface area contributed by atoms with Crippen molar-refractivity contribution in [3.63, 3.8) is 0 Å². The molecule has 0 aliphatic heterocycles. The molecule has 0 aromatic carbocycles. The fourth-order valence-corrected chi connectivity index (χ4v) is 2.68. The highest BCUT2D eigenvalue weighted by atomic mass is 16.5. The second kappa shape index (κ2) is 10.6. The van der Waals surface area contributed by atoms with E-state index in [1.807, 2.05) is 0 Å². The average molecular weight is 271 g/mol. The first-order valence-electron chi connectivity index (χ1n) is 8.25. The summed E-state index contributed by atoms with van der Waals surface area (Å²) >= 11 is 0. The molecule has 114 valence electrons. The Bertz CT molecular complexity index is 205. The maximum absolute atomic E-state index is 9.91. The van der Waals surface area contributed by atoms with E-state index in [-0.39, 0.29) is 6.10 Å². The minimum atomic E-state index is -0.365. The molecule has 0 amide bonds. The number of aliphatic hydroxyl groups is 1. The van der Waals surface area contributed by atoms with Crippen LogP contribution in [0.2, 0.25) is 0 Å². The van der Waals surface area contributed by atoms with E-state index in [1.165, 1.54) is 57.8 Å². The minimum Gasteiger partial charge on any atom is -0.389 e. The van der Waals surface area contributed by atoms with Crippen LogP contribution in [0.3, 0.4) is 0 Å². The van der Waals surface area contributed by atoms with Gasteiger partial charge in [-0.05, 0) is 26.2 Å². The van der Waals surface area contributed by atoms with Crippen LogP contribution in [0.25, 0.3) is 0 Å². The van der Waals surface area contributed by atoms with Crippen molar-refractivity contribution >= 4 is 0 Å². The lowest BCUT2D eigenvalue weighted by Gasteiger charge is -2.24. The third-order valence-electron chi connectivity index (χ3n) is 4.02. The van der Waals surface area contributed by atoms with Crippen LogP contribution in [0, 0.1) is 0 Å². The average Bonchev–Trinajstić information content (AvgIpc) is 2.44. The quantitative estimate of drug-likeness (QED) is 0.599. The molecule has 0 spiro atoms. The summed E-state index contributed by atoms with van der Waals surface area (Å²) in [6.45, 7) is 5.56. The van der Waals surface area contributed by atoms with Gasteiger partial charge in [0, 0.05) is 12.6 Å². The van der Waals surface area contributed by atoms with Crippen molar-refractivity contribution in [2.75, 3.05) is 13.2 Å². The van der Waals surface area contributed by atoms with Crippen molar-refractivity contribution in [2.45, 2.75) is 89.9 Å². The Morgan fingerprint density at radius 2 is 1.95 bits per heavy atom. The molecule has 1 fully saturated rings. The largest absolute Gasteiger partial charge is 0.389 e. The van der Waals surface area contributed by atoms with Gasteiger partial charge in [0.15, 0.2) is 0 Å². The number of rotatable bonds is 10. The predicted molar refractivity (Wildman–Crippen MR) is 80.4 cm³/mol. The molecule has 2 N–H and O–H groups in total. The molecule has 2 unspecified atom stereocenters. The molecular formula is C16H33NO2. The van der Waals surface area contributed by atoms with Crippen LogP contribution in [0.1, 0.15) is 71.6 Å². The Hall–Kier alpha value is -0.120. The van der Waals surface area contributed by atoms with Crippen molar-refractivity contribution in [3.8, 4) is 0 Å². The van der Waals surface area contributed by atoms with Gasteiger partial charge < -0.3 is 15.2 Å². The molecule has 2 atom stereocenters. The Kier molecular flexibility index (Phi) is 9.48. The highest BCUT2D eigenvalue weighted by Crippen LogP contribution is 2.20. The summed E-state index contributed by atoms with van der Waals surface area (Å²) in [6, 6.07) is 0.496. The summed E-state index contributed by atoms with van der Waals surface area (Å²) in [7, 11) is 0. The van der Waals surface area contributed by atoms with E-state index in [0.717, 1.165) is 0 Å². The summed E-state index contributed by atoms with van der Waals surface area (Å²) in [5.41, 5.74) is 0. The number of aliphatic hydroxyl groups excluding tert-OH is 1. The van der Waals surface area contributed by atoms with Crippen LogP contribution in [0.4, 0.5) is 0 Å².